The van der Waals surface area contributed by atoms with Gasteiger partial charge in [-0.2, -0.15) is 4.98 Å². The molecule has 2 saturated heterocycles. The highest BCUT2D eigenvalue weighted by Gasteiger charge is 2.33. The van der Waals surface area contributed by atoms with Crippen LogP contribution < -0.4 is 25.7 Å². The van der Waals surface area contributed by atoms with Gasteiger partial charge in [0.15, 0.2) is 0 Å². The molecule has 2 atom stereocenters. The number of ether oxygens (including phenoxy) is 3. The van der Waals surface area contributed by atoms with Crippen molar-refractivity contribution in [2.75, 3.05) is 66.5 Å². The van der Waals surface area contributed by atoms with Crippen molar-refractivity contribution in [1.82, 2.24) is 29.7 Å². The number of nitrogens with zero attached hydrogens (tertiary/aromatic N) is 5. The fourth-order valence-corrected chi connectivity index (χ4v) is 6.24. The Balaban J connectivity index is 1.53. The Kier molecular flexibility index (Phi) is 10.7. The molecule has 1 aromatic carbocycles. The lowest BCUT2D eigenvalue weighted by molar-refractivity contribution is -0.132. The number of aromatic nitrogens is 3. The van der Waals surface area contributed by atoms with Gasteiger partial charge in [0.1, 0.15) is 17.1 Å². The monoisotopic (exact) mass is 685 g/mol. The predicted molar refractivity (Wildman–Crippen MR) is 180 cm³/mol. The quantitative estimate of drug-likeness (QED) is 0.274. The van der Waals surface area contributed by atoms with Gasteiger partial charge in [0.2, 0.25) is 17.8 Å². The summed E-state index contributed by atoms with van der Waals surface area (Å²) >= 11 is 13.5. The Morgan fingerprint density at radius 3 is 2.45 bits per heavy atom. The molecule has 0 radical (unpaired) electrons. The van der Waals surface area contributed by atoms with Crippen LogP contribution in [0.2, 0.25) is 10.0 Å². The van der Waals surface area contributed by atoms with Gasteiger partial charge in [-0.25, -0.2) is 4.98 Å². The predicted octanol–water partition coefficient (Wildman–Crippen LogP) is 2.84. The number of benzene rings is 1. The maximum atomic E-state index is 14.4. The van der Waals surface area contributed by atoms with Crippen LogP contribution in [0.3, 0.4) is 0 Å². The maximum absolute atomic E-state index is 14.4. The molecule has 2 fully saturated rings. The third-order valence-corrected chi connectivity index (χ3v) is 8.77. The Morgan fingerprint density at radius 1 is 1.13 bits per heavy atom. The first kappa shape index (κ1) is 34.2. The van der Waals surface area contributed by atoms with Crippen LogP contribution in [0.4, 0.5) is 5.95 Å². The van der Waals surface area contributed by atoms with Crippen LogP contribution in [0.25, 0.3) is 22.2 Å². The minimum Gasteiger partial charge on any atom is -0.495 e. The summed E-state index contributed by atoms with van der Waals surface area (Å²) in [5.74, 6) is 0.412. The number of methoxy groups -OCH3 is 2. The number of carbonyl (C=O) groups excluding carboxylic acids is 2. The third-order valence-electron chi connectivity index (χ3n) is 8.02. The summed E-state index contributed by atoms with van der Waals surface area (Å²) < 4.78 is 18.0. The topological polar surface area (TPSA) is 140 Å². The minimum atomic E-state index is -0.391. The summed E-state index contributed by atoms with van der Waals surface area (Å²) in [5.41, 5.74) is 0.453. The Bertz CT molecular complexity index is 1740. The molecule has 2 aliphatic rings. The number of pyridine rings is 1. The van der Waals surface area contributed by atoms with Crippen molar-refractivity contribution >= 4 is 52.0 Å². The third kappa shape index (κ3) is 7.38. The molecule has 13 nitrogen and oxygen atoms in total. The second-order valence-electron chi connectivity index (χ2n) is 11.6. The number of anilines is 1. The number of halogens is 2. The number of nitrogens with one attached hydrogen (secondary N) is 2. The van der Waals surface area contributed by atoms with Crippen LogP contribution in [-0.2, 0) is 20.9 Å². The van der Waals surface area contributed by atoms with Crippen molar-refractivity contribution in [2.45, 2.75) is 18.6 Å². The lowest BCUT2D eigenvalue weighted by Gasteiger charge is -2.39. The molecule has 2 amide bonds. The molecular weight excluding hydrogens is 649 g/mol. The first-order valence-electron chi connectivity index (χ1n) is 14.9. The van der Waals surface area contributed by atoms with Gasteiger partial charge in [-0.05, 0) is 26.2 Å². The molecule has 3 aromatic rings. The van der Waals surface area contributed by atoms with E-state index in [1.165, 1.54) is 20.3 Å². The van der Waals surface area contributed by atoms with Gasteiger partial charge in [0, 0.05) is 61.4 Å². The molecule has 47 heavy (non-hydrogen) atoms. The van der Waals surface area contributed by atoms with Crippen molar-refractivity contribution in [3.63, 3.8) is 0 Å². The normalized spacial score (nSPS) is 18.1. The molecule has 5 rings (SSSR count). The van der Waals surface area contributed by atoms with Crippen molar-refractivity contribution < 1.29 is 23.8 Å². The highest BCUT2D eigenvalue weighted by molar-refractivity contribution is 6.41. The van der Waals surface area contributed by atoms with E-state index in [-0.39, 0.29) is 75.0 Å². The second-order valence-corrected chi connectivity index (χ2v) is 12.4. The van der Waals surface area contributed by atoms with Crippen molar-refractivity contribution in [2.24, 2.45) is 5.92 Å². The number of fused-ring (bicyclic) bond motifs is 1. The van der Waals surface area contributed by atoms with E-state index in [0.717, 1.165) is 0 Å². The highest BCUT2D eigenvalue weighted by atomic mass is 35.5. The maximum Gasteiger partial charge on any atom is 0.260 e. The van der Waals surface area contributed by atoms with Crippen LogP contribution in [0.1, 0.15) is 0 Å². The first-order chi connectivity index (χ1) is 22.5. The Morgan fingerprint density at radius 2 is 1.81 bits per heavy atom. The summed E-state index contributed by atoms with van der Waals surface area (Å²) in [4.78, 5) is 51.9. The van der Waals surface area contributed by atoms with E-state index in [2.05, 4.69) is 22.2 Å². The van der Waals surface area contributed by atoms with E-state index < -0.39 is 5.56 Å². The minimum absolute atomic E-state index is 0.0174. The smallest absolute Gasteiger partial charge is 0.260 e. The SMILES string of the molecule is C=CC(=O)NC1COCC1Nc1ncc2cc(-c3c(Cl)c(OC)cc(OC)c3Cl)c(=O)n(CC3CN(C(=O)/C=C/CN(C)C)C3)c2n1. The van der Waals surface area contributed by atoms with Gasteiger partial charge in [-0.1, -0.05) is 35.9 Å². The van der Waals surface area contributed by atoms with E-state index in [9.17, 15) is 14.4 Å². The lowest BCUT2D eigenvalue weighted by Crippen LogP contribution is -2.51. The number of rotatable bonds is 12. The molecule has 2 aromatic heterocycles. The van der Waals surface area contributed by atoms with Crippen LogP contribution >= 0.6 is 23.2 Å². The van der Waals surface area contributed by atoms with Crippen molar-refractivity contribution in [1.29, 1.82) is 0 Å². The molecule has 0 saturated carbocycles. The van der Waals surface area contributed by atoms with Crippen molar-refractivity contribution in [3.05, 3.63) is 63.5 Å². The Labute approximate surface area is 282 Å². The number of carbonyl (C=O) groups is 2. The average Bonchev–Trinajstić information content (AvgIpc) is 3.45. The Hall–Kier alpha value is -4.17. The zero-order valence-corrected chi connectivity index (χ0v) is 28.1. The number of hydrogen-bond acceptors (Lipinski definition) is 10. The van der Waals surface area contributed by atoms with Gasteiger partial charge in [0.25, 0.3) is 5.56 Å². The molecule has 2 N–H and O–H groups in total. The van der Waals surface area contributed by atoms with Gasteiger partial charge < -0.3 is 34.6 Å². The zero-order chi connectivity index (χ0) is 33.8. The summed E-state index contributed by atoms with van der Waals surface area (Å²) in [6.07, 6.45) is 6.19. The van der Waals surface area contributed by atoms with E-state index in [4.69, 9.17) is 42.4 Å². The molecule has 2 unspecified atom stereocenters. The molecule has 0 spiro atoms. The van der Waals surface area contributed by atoms with Gasteiger partial charge in [0.05, 0.1) is 55.1 Å². The van der Waals surface area contributed by atoms with Crippen molar-refractivity contribution in [3.8, 4) is 22.6 Å². The molecule has 0 bridgehead atoms. The van der Waals surface area contributed by atoms with E-state index >= 15 is 0 Å². The fourth-order valence-electron chi connectivity index (χ4n) is 5.54. The number of likely N-dealkylation sites (N-methyl/N-ethyl adjacent to an activating group) is 1. The molecule has 4 heterocycles. The number of amides is 2. The van der Waals surface area contributed by atoms with Crippen LogP contribution in [-0.4, -0.2) is 109 Å². The number of likely N-dealkylation sites (tertiary alicyclic amines) is 1. The molecular formula is C32H37Cl2N7O6. The lowest BCUT2D eigenvalue weighted by atomic mass is 9.99. The van der Waals surface area contributed by atoms with E-state index in [1.807, 2.05) is 25.1 Å². The summed E-state index contributed by atoms with van der Waals surface area (Å²) in [7, 11) is 6.78. The molecule has 0 aliphatic carbocycles. The summed E-state index contributed by atoms with van der Waals surface area (Å²) in [5, 5.41) is 6.93. The molecule has 250 valence electrons. The fraction of sp³-hybridized carbons (Fsp3) is 0.406. The van der Waals surface area contributed by atoms with Crippen LogP contribution in [0.5, 0.6) is 11.5 Å². The average molecular weight is 687 g/mol. The van der Waals surface area contributed by atoms with Crippen LogP contribution in [0.15, 0.2) is 47.9 Å². The van der Waals surface area contributed by atoms with Gasteiger partial charge in [-0.15, -0.1) is 0 Å². The van der Waals surface area contributed by atoms with E-state index in [1.54, 1.807) is 33.9 Å². The number of hydrogen-bond donors (Lipinski definition) is 2. The highest BCUT2D eigenvalue weighted by Crippen LogP contribution is 2.45. The van der Waals surface area contributed by atoms with Crippen LogP contribution in [0, 0.1) is 5.92 Å². The summed E-state index contributed by atoms with van der Waals surface area (Å²) in [6, 6.07) is 2.55. The van der Waals surface area contributed by atoms with E-state index in [0.29, 0.717) is 43.9 Å². The van der Waals surface area contributed by atoms with Gasteiger partial charge in [-0.3, -0.25) is 19.0 Å². The standard InChI is InChI=1S/C32H37Cl2N7O6/c1-6-25(42)36-21-16-47-17-22(21)37-32-35-12-19-10-20(27-28(33)23(45-4)11-24(46-5)29(27)34)31(44)41(30(19)38-32)15-18-13-40(14-18)26(43)8-7-9-39(2)3/h6-8,10-12,18,21-22H,1,9,13-17H2,2-5H3,(H,36,42)(H,35,37,38)/b8-7+. The molecule has 2 aliphatic heterocycles. The second kappa shape index (κ2) is 14.7. The van der Waals surface area contributed by atoms with Gasteiger partial charge >= 0.3 is 0 Å². The first-order valence-corrected chi connectivity index (χ1v) is 15.7. The molecule has 15 heteroatoms. The summed E-state index contributed by atoms with van der Waals surface area (Å²) in [6.45, 7) is 6.00. The largest absolute Gasteiger partial charge is 0.495 e. The zero-order valence-electron chi connectivity index (χ0n) is 26.6.